The van der Waals surface area contributed by atoms with E-state index in [9.17, 15) is 0 Å². The molecule has 1 aromatic carbocycles. The number of benzene rings is 1. The van der Waals surface area contributed by atoms with Crippen LogP contribution in [0.5, 0.6) is 0 Å². The van der Waals surface area contributed by atoms with Crippen molar-refractivity contribution in [2.75, 3.05) is 18.8 Å². The molecule has 160 valence electrons. The van der Waals surface area contributed by atoms with E-state index in [0.717, 1.165) is 49.2 Å². The molecule has 9 heteroatoms. The van der Waals surface area contributed by atoms with Crippen molar-refractivity contribution >= 4 is 22.6 Å². The number of anilines is 1. The predicted octanol–water partition coefficient (Wildman–Crippen LogP) is 2.48. The lowest BCUT2D eigenvalue weighted by molar-refractivity contribution is 0.239. The molecule has 4 aromatic heterocycles. The molecule has 0 saturated carbocycles. The Kier molecular flexibility index (Phi) is 4.36. The predicted molar refractivity (Wildman–Crippen MR) is 122 cm³/mol. The molecule has 5 heterocycles. The molecule has 0 spiro atoms. The number of pyridine rings is 1. The number of hydrogen-bond donors (Lipinski definition) is 1. The van der Waals surface area contributed by atoms with E-state index in [4.69, 9.17) is 10.7 Å². The van der Waals surface area contributed by atoms with Crippen LogP contribution in [0.4, 0.5) is 5.95 Å². The zero-order valence-electron chi connectivity index (χ0n) is 17.8. The standard InChI is InChI=1S/C23H23N9/c1-15-11-17-14-30(8-7-19(17)25-12-15)9-10-31-21-18(13-26-31)22-27-20(16-5-3-2-4-6-16)29-32(22)23(24)28-21/h2-6,11-13H,7-10,14H2,1H3,(H2,24,28). The van der Waals surface area contributed by atoms with Gasteiger partial charge in [-0.2, -0.15) is 14.6 Å². The maximum Gasteiger partial charge on any atom is 0.225 e. The van der Waals surface area contributed by atoms with E-state index >= 15 is 0 Å². The molecular weight excluding hydrogens is 402 g/mol. The minimum Gasteiger partial charge on any atom is -0.368 e. The molecule has 5 aromatic rings. The van der Waals surface area contributed by atoms with E-state index in [1.54, 1.807) is 10.7 Å². The van der Waals surface area contributed by atoms with Gasteiger partial charge in [-0.1, -0.05) is 36.4 Å². The molecule has 6 rings (SSSR count). The quantitative estimate of drug-likeness (QED) is 0.472. The molecule has 0 fully saturated rings. The number of aromatic nitrogens is 7. The Morgan fingerprint density at radius 1 is 1.03 bits per heavy atom. The molecule has 0 saturated heterocycles. The molecule has 32 heavy (non-hydrogen) atoms. The summed E-state index contributed by atoms with van der Waals surface area (Å²) in [6.45, 7) is 5.59. The fourth-order valence-corrected chi connectivity index (χ4v) is 4.36. The highest BCUT2D eigenvalue weighted by Gasteiger charge is 2.19. The summed E-state index contributed by atoms with van der Waals surface area (Å²) in [4.78, 5) is 16.3. The van der Waals surface area contributed by atoms with Crippen molar-refractivity contribution < 1.29 is 0 Å². The third-order valence-corrected chi connectivity index (χ3v) is 6.01. The van der Waals surface area contributed by atoms with Gasteiger partial charge in [0.15, 0.2) is 17.1 Å². The molecular formula is C23H23N9. The number of rotatable bonds is 4. The third-order valence-electron chi connectivity index (χ3n) is 6.01. The van der Waals surface area contributed by atoms with Gasteiger partial charge < -0.3 is 5.73 Å². The molecule has 0 bridgehead atoms. The second kappa shape index (κ2) is 7.38. The van der Waals surface area contributed by atoms with Gasteiger partial charge in [-0.05, 0) is 18.1 Å². The molecule has 1 aliphatic heterocycles. The van der Waals surface area contributed by atoms with Crippen LogP contribution in [0.3, 0.4) is 0 Å². The number of nitrogens with two attached hydrogens (primary N) is 1. The Hall–Kier alpha value is -3.85. The smallest absolute Gasteiger partial charge is 0.225 e. The van der Waals surface area contributed by atoms with E-state index in [-0.39, 0.29) is 0 Å². The van der Waals surface area contributed by atoms with Crippen LogP contribution < -0.4 is 5.73 Å². The minimum absolute atomic E-state index is 0.303. The highest BCUT2D eigenvalue weighted by Crippen LogP contribution is 2.23. The number of nitrogens with zero attached hydrogens (tertiary/aromatic N) is 8. The van der Waals surface area contributed by atoms with Gasteiger partial charge >= 0.3 is 0 Å². The van der Waals surface area contributed by atoms with Gasteiger partial charge in [-0.15, -0.1) is 5.10 Å². The lowest BCUT2D eigenvalue weighted by atomic mass is 10.0. The number of hydrogen-bond acceptors (Lipinski definition) is 7. The van der Waals surface area contributed by atoms with Crippen LogP contribution in [0.15, 0.2) is 48.8 Å². The normalized spacial score (nSPS) is 14.3. The Morgan fingerprint density at radius 3 is 2.78 bits per heavy atom. The summed E-state index contributed by atoms with van der Waals surface area (Å²) in [5.74, 6) is 0.924. The van der Waals surface area contributed by atoms with E-state index in [1.165, 1.54) is 16.8 Å². The first-order valence-electron chi connectivity index (χ1n) is 10.8. The average Bonchev–Trinajstić information content (AvgIpc) is 3.43. The second-order valence-corrected chi connectivity index (χ2v) is 8.26. The van der Waals surface area contributed by atoms with Crippen molar-refractivity contribution in [3.8, 4) is 11.4 Å². The Bertz CT molecular complexity index is 1430. The first kappa shape index (κ1) is 18.9. The monoisotopic (exact) mass is 425 g/mol. The Labute approximate surface area is 184 Å². The molecule has 0 unspecified atom stereocenters. The first-order valence-corrected chi connectivity index (χ1v) is 10.8. The molecule has 0 amide bonds. The van der Waals surface area contributed by atoms with Crippen LogP contribution in [-0.4, -0.2) is 52.3 Å². The van der Waals surface area contributed by atoms with Crippen LogP contribution in [-0.2, 0) is 19.5 Å². The number of aryl methyl sites for hydroxylation is 1. The zero-order chi connectivity index (χ0) is 21.7. The zero-order valence-corrected chi connectivity index (χ0v) is 17.8. The fourth-order valence-electron chi connectivity index (χ4n) is 4.36. The van der Waals surface area contributed by atoms with Gasteiger partial charge in [0.2, 0.25) is 5.95 Å². The third kappa shape index (κ3) is 3.18. The van der Waals surface area contributed by atoms with Crippen molar-refractivity contribution in [1.82, 2.24) is 39.2 Å². The van der Waals surface area contributed by atoms with E-state index in [0.29, 0.717) is 17.4 Å². The van der Waals surface area contributed by atoms with Gasteiger partial charge in [-0.25, -0.2) is 9.67 Å². The highest BCUT2D eigenvalue weighted by atomic mass is 15.4. The summed E-state index contributed by atoms with van der Waals surface area (Å²) in [7, 11) is 0. The molecule has 0 atom stereocenters. The van der Waals surface area contributed by atoms with E-state index in [2.05, 4.69) is 38.1 Å². The van der Waals surface area contributed by atoms with Gasteiger partial charge in [-0.3, -0.25) is 9.88 Å². The average molecular weight is 426 g/mol. The summed E-state index contributed by atoms with van der Waals surface area (Å²) >= 11 is 0. The lowest BCUT2D eigenvalue weighted by Crippen LogP contribution is -2.33. The minimum atomic E-state index is 0.303. The van der Waals surface area contributed by atoms with Crippen molar-refractivity contribution in [3.05, 3.63) is 65.6 Å². The molecule has 0 aliphatic carbocycles. The Balaban J connectivity index is 1.28. The van der Waals surface area contributed by atoms with Crippen LogP contribution in [0, 0.1) is 6.92 Å². The van der Waals surface area contributed by atoms with Gasteiger partial charge in [0, 0.05) is 43.5 Å². The largest absolute Gasteiger partial charge is 0.368 e. The number of nitrogen functional groups attached to an aromatic ring is 1. The SMILES string of the molecule is Cc1cnc2c(c1)CN(CCn1ncc3c1nc(N)n1nc(-c4ccccc4)nc31)CC2. The number of fused-ring (bicyclic) bond motifs is 4. The fraction of sp³-hybridized carbons (Fsp3) is 0.261. The van der Waals surface area contributed by atoms with Crippen LogP contribution in [0.25, 0.3) is 28.1 Å². The Morgan fingerprint density at radius 2 is 1.91 bits per heavy atom. The van der Waals surface area contributed by atoms with Crippen LogP contribution in [0.1, 0.15) is 16.8 Å². The van der Waals surface area contributed by atoms with Gasteiger partial charge in [0.25, 0.3) is 0 Å². The molecule has 9 nitrogen and oxygen atoms in total. The van der Waals surface area contributed by atoms with Crippen LogP contribution >= 0.6 is 0 Å². The highest BCUT2D eigenvalue weighted by molar-refractivity contribution is 5.90. The summed E-state index contributed by atoms with van der Waals surface area (Å²) in [6, 6.07) is 12.1. The first-order chi connectivity index (χ1) is 15.7. The summed E-state index contributed by atoms with van der Waals surface area (Å²) < 4.78 is 3.50. The van der Waals surface area contributed by atoms with Crippen molar-refractivity contribution in [2.45, 2.75) is 26.4 Å². The summed E-state index contributed by atoms with van der Waals surface area (Å²) in [6.07, 6.45) is 4.73. The molecule has 0 radical (unpaired) electrons. The summed E-state index contributed by atoms with van der Waals surface area (Å²) in [5.41, 5.74) is 12.3. The maximum atomic E-state index is 6.24. The maximum absolute atomic E-state index is 6.24. The van der Waals surface area contributed by atoms with Crippen molar-refractivity contribution in [3.63, 3.8) is 0 Å². The van der Waals surface area contributed by atoms with Crippen LogP contribution in [0.2, 0.25) is 0 Å². The second-order valence-electron chi connectivity index (χ2n) is 8.26. The van der Waals surface area contributed by atoms with Crippen molar-refractivity contribution in [2.24, 2.45) is 0 Å². The summed E-state index contributed by atoms with van der Waals surface area (Å²) in [5, 5.41) is 9.99. The van der Waals surface area contributed by atoms with Crippen molar-refractivity contribution in [1.29, 1.82) is 0 Å². The molecule has 2 N–H and O–H groups in total. The van der Waals surface area contributed by atoms with E-state index in [1.807, 2.05) is 41.2 Å². The van der Waals surface area contributed by atoms with E-state index < -0.39 is 0 Å². The lowest BCUT2D eigenvalue weighted by Gasteiger charge is -2.28. The van der Waals surface area contributed by atoms with Gasteiger partial charge in [0.1, 0.15) is 0 Å². The molecule has 1 aliphatic rings. The van der Waals surface area contributed by atoms with Gasteiger partial charge in [0.05, 0.1) is 18.1 Å². The topological polar surface area (TPSA) is 103 Å².